The molecule has 1 aliphatic heterocycles. The number of hydrogen-bond donors (Lipinski definition) is 1. The van der Waals surface area contributed by atoms with Crippen LogP contribution in [0.1, 0.15) is 17.4 Å². The lowest BCUT2D eigenvalue weighted by Crippen LogP contribution is -2.45. The van der Waals surface area contributed by atoms with Gasteiger partial charge in [0.2, 0.25) is 0 Å². The number of rotatable bonds is 6. The molecule has 1 atom stereocenters. The Morgan fingerprint density at radius 2 is 1.88 bits per heavy atom. The number of nitrogens with one attached hydrogen (secondary N) is 1. The summed E-state index contributed by atoms with van der Waals surface area (Å²) < 4.78 is 60.8. The van der Waals surface area contributed by atoms with E-state index in [1.165, 1.54) is 24.5 Å². The van der Waals surface area contributed by atoms with Gasteiger partial charge < -0.3 is 14.5 Å². The first-order chi connectivity index (χ1) is 12.0. The molecule has 0 amide bonds. The first kappa shape index (κ1) is 17.8. The van der Waals surface area contributed by atoms with Gasteiger partial charge in [-0.2, -0.15) is 17.6 Å². The molecule has 2 aromatic rings. The summed E-state index contributed by atoms with van der Waals surface area (Å²) in [7, 11) is 0. The highest BCUT2D eigenvalue weighted by molar-refractivity contribution is 5.34. The Morgan fingerprint density at radius 3 is 2.52 bits per heavy atom. The van der Waals surface area contributed by atoms with Gasteiger partial charge in [-0.05, 0) is 29.8 Å². The zero-order valence-corrected chi connectivity index (χ0v) is 13.3. The number of piperazine rings is 1. The first-order valence-corrected chi connectivity index (χ1v) is 7.90. The van der Waals surface area contributed by atoms with Gasteiger partial charge in [-0.1, -0.05) is 12.1 Å². The molecule has 1 aliphatic rings. The van der Waals surface area contributed by atoms with E-state index in [4.69, 9.17) is 4.42 Å². The van der Waals surface area contributed by atoms with Crippen LogP contribution in [0.15, 0.2) is 47.1 Å². The molecule has 0 bridgehead atoms. The van der Waals surface area contributed by atoms with Crippen LogP contribution >= 0.6 is 0 Å². The summed E-state index contributed by atoms with van der Waals surface area (Å²) in [5, 5.41) is 3.24. The van der Waals surface area contributed by atoms with E-state index in [-0.39, 0.29) is 11.8 Å². The Hall–Kier alpha value is -2.06. The van der Waals surface area contributed by atoms with E-state index in [1.54, 1.807) is 18.2 Å². The molecule has 4 nitrogen and oxygen atoms in total. The van der Waals surface area contributed by atoms with Crippen LogP contribution in [-0.4, -0.2) is 43.6 Å². The lowest BCUT2D eigenvalue weighted by atomic mass is 10.0. The average Bonchev–Trinajstić information content (AvgIpc) is 3.10. The van der Waals surface area contributed by atoms with Crippen LogP contribution in [0.5, 0.6) is 5.75 Å². The van der Waals surface area contributed by atoms with Gasteiger partial charge in [0.05, 0.1) is 12.3 Å². The van der Waals surface area contributed by atoms with Crippen molar-refractivity contribution in [1.29, 1.82) is 0 Å². The maximum absolute atomic E-state index is 13.2. The van der Waals surface area contributed by atoms with Crippen LogP contribution in [-0.2, 0) is 0 Å². The number of halogens is 4. The molecule has 2 heterocycles. The predicted molar refractivity (Wildman–Crippen MR) is 83.0 cm³/mol. The molecular weight excluding hydrogens is 340 g/mol. The minimum Gasteiger partial charge on any atom is -0.467 e. The molecule has 1 saturated heterocycles. The minimum absolute atomic E-state index is 0.305. The molecule has 1 N–H and O–H groups in total. The molecular formula is C17H18F4N2O2. The summed E-state index contributed by atoms with van der Waals surface area (Å²) in [5.74, 6) is 0.342. The Bertz CT molecular complexity index is 673. The van der Waals surface area contributed by atoms with Crippen molar-refractivity contribution < 1.29 is 26.7 Å². The topological polar surface area (TPSA) is 37.6 Å². The van der Waals surface area contributed by atoms with Crippen molar-refractivity contribution in [2.75, 3.05) is 26.2 Å². The van der Waals surface area contributed by atoms with Crippen LogP contribution in [0.3, 0.4) is 0 Å². The van der Waals surface area contributed by atoms with Crippen LogP contribution in [0.25, 0.3) is 0 Å². The fourth-order valence-corrected chi connectivity index (χ4v) is 2.89. The van der Waals surface area contributed by atoms with E-state index in [9.17, 15) is 17.6 Å². The van der Waals surface area contributed by atoms with Crippen LogP contribution in [0.4, 0.5) is 17.6 Å². The summed E-state index contributed by atoms with van der Waals surface area (Å²) in [5.41, 5.74) is 0.638. The Labute approximate surface area is 142 Å². The van der Waals surface area contributed by atoms with Crippen molar-refractivity contribution in [3.8, 4) is 5.75 Å². The lowest BCUT2D eigenvalue weighted by Gasteiger charge is -2.34. The molecule has 0 radical (unpaired) electrons. The van der Waals surface area contributed by atoms with Crippen molar-refractivity contribution in [2.24, 2.45) is 0 Å². The Balaban J connectivity index is 1.90. The number of benzene rings is 1. The Morgan fingerprint density at radius 1 is 1.12 bits per heavy atom. The quantitative estimate of drug-likeness (QED) is 0.802. The third-order valence-electron chi connectivity index (χ3n) is 4.01. The van der Waals surface area contributed by atoms with Crippen molar-refractivity contribution in [1.82, 2.24) is 10.2 Å². The summed E-state index contributed by atoms with van der Waals surface area (Å²) in [6, 6.07) is 9.07. The van der Waals surface area contributed by atoms with Gasteiger partial charge in [-0.3, -0.25) is 4.90 Å². The van der Waals surface area contributed by atoms with Crippen LogP contribution < -0.4 is 10.1 Å². The first-order valence-electron chi connectivity index (χ1n) is 7.90. The standard InChI is InChI=1S/C17H18F4N2O2/c18-16(19)17(20,21)25-13-4-1-3-12(11-13)15(14-5-2-10-24-14)23-8-6-22-7-9-23/h1-5,10-11,15-16,22H,6-9H2/t15-/m1/s1. The van der Waals surface area contributed by atoms with Crippen molar-refractivity contribution in [3.05, 3.63) is 54.0 Å². The van der Waals surface area contributed by atoms with Crippen LogP contribution in [0.2, 0.25) is 0 Å². The van der Waals surface area contributed by atoms with Gasteiger partial charge in [0.25, 0.3) is 0 Å². The third-order valence-corrected chi connectivity index (χ3v) is 4.01. The fourth-order valence-electron chi connectivity index (χ4n) is 2.89. The second-order valence-corrected chi connectivity index (χ2v) is 5.74. The normalized spacial score (nSPS) is 17.6. The van der Waals surface area contributed by atoms with E-state index < -0.39 is 12.5 Å². The highest BCUT2D eigenvalue weighted by Crippen LogP contribution is 2.33. The highest BCUT2D eigenvalue weighted by Gasteiger charge is 2.44. The molecule has 1 aromatic heterocycles. The van der Waals surface area contributed by atoms with Gasteiger partial charge in [0, 0.05) is 26.2 Å². The zero-order valence-electron chi connectivity index (χ0n) is 13.3. The fraction of sp³-hybridized carbons (Fsp3) is 0.412. The number of furan rings is 1. The number of hydrogen-bond acceptors (Lipinski definition) is 4. The van der Waals surface area contributed by atoms with Gasteiger partial charge in [0.1, 0.15) is 11.5 Å². The maximum Gasteiger partial charge on any atom is 0.461 e. The SMILES string of the molecule is FC(F)C(F)(F)Oc1cccc([C@H](c2ccco2)N2CCNCC2)c1. The molecule has 3 rings (SSSR count). The Kier molecular flexibility index (Phi) is 5.29. The smallest absolute Gasteiger partial charge is 0.461 e. The molecule has 1 aromatic carbocycles. The summed E-state index contributed by atoms with van der Waals surface area (Å²) >= 11 is 0. The summed E-state index contributed by atoms with van der Waals surface area (Å²) in [6.45, 7) is 3.06. The lowest BCUT2D eigenvalue weighted by molar-refractivity contribution is -0.253. The molecule has 0 aliphatic carbocycles. The molecule has 1 fully saturated rings. The van der Waals surface area contributed by atoms with E-state index in [2.05, 4.69) is 15.0 Å². The third kappa shape index (κ3) is 4.13. The van der Waals surface area contributed by atoms with Gasteiger partial charge in [0.15, 0.2) is 0 Å². The molecule has 136 valence electrons. The van der Waals surface area contributed by atoms with Crippen molar-refractivity contribution >= 4 is 0 Å². The van der Waals surface area contributed by atoms with Crippen LogP contribution in [0, 0.1) is 0 Å². The van der Waals surface area contributed by atoms with Gasteiger partial charge in [-0.25, -0.2) is 0 Å². The monoisotopic (exact) mass is 358 g/mol. The van der Waals surface area contributed by atoms with E-state index >= 15 is 0 Å². The van der Waals surface area contributed by atoms with Gasteiger partial charge in [-0.15, -0.1) is 0 Å². The maximum atomic E-state index is 13.2. The zero-order chi connectivity index (χ0) is 17.9. The largest absolute Gasteiger partial charge is 0.467 e. The average molecular weight is 358 g/mol. The summed E-state index contributed by atoms with van der Waals surface area (Å²) in [4.78, 5) is 2.14. The summed E-state index contributed by atoms with van der Waals surface area (Å²) in [6.07, 6.45) is -6.89. The van der Waals surface area contributed by atoms with E-state index in [1.807, 2.05) is 0 Å². The molecule has 0 spiro atoms. The second-order valence-electron chi connectivity index (χ2n) is 5.74. The molecule has 25 heavy (non-hydrogen) atoms. The number of nitrogens with zero attached hydrogens (tertiary/aromatic N) is 1. The molecule has 0 saturated carbocycles. The molecule has 0 unspecified atom stereocenters. The number of alkyl halides is 4. The number of ether oxygens (including phenoxy) is 1. The second kappa shape index (κ2) is 7.45. The van der Waals surface area contributed by atoms with Gasteiger partial charge >= 0.3 is 12.5 Å². The van der Waals surface area contributed by atoms with Crippen molar-refractivity contribution in [2.45, 2.75) is 18.6 Å². The van der Waals surface area contributed by atoms with Crippen molar-refractivity contribution in [3.63, 3.8) is 0 Å². The minimum atomic E-state index is -4.53. The van der Waals surface area contributed by atoms with E-state index in [0.29, 0.717) is 11.3 Å². The highest BCUT2D eigenvalue weighted by atomic mass is 19.3. The molecule has 8 heteroatoms. The predicted octanol–water partition coefficient (Wildman–Crippen LogP) is 3.51. The van der Waals surface area contributed by atoms with E-state index in [0.717, 1.165) is 26.2 Å².